The predicted octanol–water partition coefficient (Wildman–Crippen LogP) is 2.53. The first-order valence-corrected chi connectivity index (χ1v) is 8.91. The Morgan fingerprint density at radius 3 is 2.18 bits per heavy atom. The van der Waals surface area contributed by atoms with Gasteiger partial charge in [-0.2, -0.15) is 0 Å². The molecule has 4 heteroatoms. The third-order valence-corrected chi connectivity index (χ3v) is 4.74. The molecule has 0 aromatic heterocycles. The summed E-state index contributed by atoms with van der Waals surface area (Å²) in [4.78, 5) is 0. The van der Waals surface area contributed by atoms with Gasteiger partial charge in [-0.3, -0.25) is 0 Å². The van der Waals surface area contributed by atoms with E-state index >= 15 is 0 Å². The summed E-state index contributed by atoms with van der Waals surface area (Å²) in [5.74, 6) is 0.603. The third kappa shape index (κ3) is 7.04. The van der Waals surface area contributed by atoms with E-state index in [4.69, 9.17) is 0 Å². The van der Waals surface area contributed by atoms with Gasteiger partial charge in [0.1, 0.15) is 9.84 Å². The van der Waals surface area contributed by atoms with Crippen molar-refractivity contribution >= 4 is 9.84 Å². The van der Waals surface area contributed by atoms with Gasteiger partial charge in [0.25, 0.3) is 0 Å². The lowest BCUT2D eigenvalue weighted by molar-refractivity contribution is 0.0828. The van der Waals surface area contributed by atoms with Crippen LogP contribution in [-0.4, -0.2) is 31.6 Å². The molecule has 1 aliphatic carbocycles. The lowest BCUT2D eigenvalue weighted by atomic mass is 9.86. The van der Waals surface area contributed by atoms with Gasteiger partial charge in [0.2, 0.25) is 0 Å². The Kier molecular flexibility index (Phi) is 6.49. The van der Waals surface area contributed by atoms with Crippen LogP contribution in [0.1, 0.15) is 57.8 Å². The highest BCUT2D eigenvalue weighted by Crippen LogP contribution is 2.26. The molecule has 1 aliphatic rings. The number of hydrogen-bond acceptors (Lipinski definition) is 3. The molecule has 0 heterocycles. The van der Waals surface area contributed by atoms with Crippen molar-refractivity contribution in [3.8, 4) is 0 Å². The van der Waals surface area contributed by atoms with Crippen LogP contribution in [0.5, 0.6) is 0 Å². The van der Waals surface area contributed by atoms with Crippen molar-refractivity contribution in [2.45, 2.75) is 63.9 Å². The number of aliphatic hydroxyl groups excluding tert-OH is 1. The van der Waals surface area contributed by atoms with Gasteiger partial charge in [-0.15, -0.1) is 0 Å². The van der Waals surface area contributed by atoms with Gasteiger partial charge in [0.05, 0.1) is 6.10 Å². The standard InChI is InChI=1S/C13H26O3S/c1-17(15,16)11-7-10-13(14)12-8-5-3-2-4-6-9-12/h12-14H,2-11H2,1H3. The van der Waals surface area contributed by atoms with E-state index in [0.29, 0.717) is 18.8 Å². The van der Waals surface area contributed by atoms with Crippen LogP contribution in [0.3, 0.4) is 0 Å². The molecule has 0 spiro atoms. The first-order chi connectivity index (χ1) is 7.99. The molecule has 0 saturated heterocycles. The molecule has 1 fully saturated rings. The fourth-order valence-electron chi connectivity index (χ4n) is 2.66. The van der Waals surface area contributed by atoms with Crippen LogP contribution in [0.2, 0.25) is 0 Å². The van der Waals surface area contributed by atoms with Crippen molar-refractivity contribution in [2.24, 2.45) is 5.92 Å². The molecule has 17 heavy (non-hydrogen) atoms. The van der Waals surface area contributed by atoms with Crippen LogP contribution in [-0.2, 0) is 9.84 Å². The van der Waals surface area contributed by atoms with Gasteiger partial charge >= 0.3 is 0 Å². The van der Waals surface area contributed by atoms with Crippen LogP contribution in [0, 0.1) is 5.92 Å². The monoisotopic (exact) mass is 262 g/mol. The Morgan fingerprint density at radius 2 is 1.65 bits per heavy atom. The zero-order valence-electron chi connectivity index (χ0n) is 10.9. The second-order valence-electron chi connectivity index (χ2n) is 5.44. The number of sulfone groups is 1. The van der Waals surface area contributed by atoms with Crippen molar-refractivity contribution in [1.29, 1.82) is 0 Å². The van der Waals surface area contributed by atoms with Gasteiger partial charge < -0.3 is 5.11 Å². The predicted molar refractivity (Wildman–Crippen MR) is 70.8 cm³/mol. The average Bonchev–Trinajstić information content (AvgIpc) is 2.14. The topological polar surface area (TPSA) is 54.4 Å². The minimum atomic E-state index is -2.87. The molecular weight excluding hydrogens is 236 g/mol. The van der Waals surface area contributed by atoms with Crippen molar-refractivity contribution in [3.63, 3.8) is 0 Å². The Balaban J connectivity index is 2.27. The van der Waals surface area contributed by atoms with Crippen LogP contribution in [0.25, 0.3) is 0 Å². The number of rotatable bonds is 5. The van der Waals surface area contributed by atoms with E-state index < -0.39 is 9.84 Å². The van der Waals surface area contributed by atoms with Gasteiger partial charge in [-0.1, -0.05) is 32.1 Å². The summed E-state index contributed by atoms with van der Waals surface area (Å²) in [5.41, 5.74) is 0. The summed E-state index contributed by atoms with van der Waals surface area (Å²) in [6.45, 7) is 0. The molecule has 102 valence electrons. The Labute approximate surface area is 106 Å². The normalized spacial score (nSPS) is 21.8. The van der Waals surface area contributed by atoms with E-state index in [9.17, 15) is 13.5 Å². The quantitative estimate of drug-likeness (QED) is 0.828. The molecule has 1 unspecified atom stereocenters. The Morgan fingerprint density at radius 1 is 1.12 bits per heavy atom. The highest BCUT2D eigenvalue weighted by atomic mass is 32.2. The van der Waals surface area contributed by atoms with Gasteiger partial charge in [-0.05, 0) is 31.6 Å². The Bertz CT molecular complexity index is 290. The minimum Gasteiger partial charge on any atom is -0.393 e. The summed E-state index contributed by atoms with van der Waals surface area (Å²) in [6, 6.07) is 0. The molecule has 0 aliphatic heterocycles. The molecule has 0 bridgehead atoms. The minimum absolute atomic E-state index is 0.205. The van der Waals surface area contributed by atoms with Crippen molar-refractivity contribution in [2.75, 3.05) is 12.0 Å². The number of aliphatic hydroxyl groups is 1. The lowest BCUT2D eigenvalue weighted by Crippen LogP contribution is -2.22. The van der Waals surface area contributed by atoms with E-state index in [2.05, 4.69) is 0 Å². The first-order valence-electron chi connectivity index (χ1n) is 6.85. The van der Waals surface area contributed by atoms with E-state index in [1.165, 1.54) is 38.4 Å². The molecule has 0 radical (unpaired) electrons. The van der Waals surface area contributed by atoms with Crippen LogP contribution in [0.4, 0.5) is 0 Å². The molecule has 3 nitrogen and oxygen atoms in total. The maximum Gasteiger partial charge on any atom is 0.147 e. The maximum atomic E-state index is 11.0. The van der Waals surface area contributed by atoms with Crippen molar-refractivity contribution in [3.05, 3.63) is 0 Å². The summed E-state index contributed by atoms with van der Waals surface area (Å²) >= 11 is 0. The van der Waals surface area contributed by atoms with Crippen LogP contribution in [0.15, 0.2) is 0 Å². The van der Waals surface area contributed by atoms with E-state index in [1.54, 1.807) is 0 Å². The maximum absolute atomic E-state index is 11.0. The Hall–Kier alpha value is -0.0900. The van der Waals surface area contributed by atoms with E-state index in [1.807, 2.05) is 0 Å². The molecule has 0 aromatic rings. The zero-order chi connectivity index (χ0) is 12.7. The lowest BCUT2D eigenvalue weighted by Gasteiger charge is -2.24. The second-order valence-corrected chi connectivity index (χ2v) is 7.70. The summed E-state index contributed by atoms with van der Waals surface area (Å²) in [7, 11) is -2.87. The fraction of sp³-hybridized carbons (Fsp3) is 1.00. The van der Waals surface area contributed by atoms with Gasteiger partial charge in [0.15, 0.2) is 0 Å². The highest BCUT2D eigenvalue weighted by Gasteiger charge is 2.20. The SMILES string of the molecule is CS(=O)(=O)CCCC(O)C1CCCCCCC1. The molecular formula is C13H26O3S. The van der Waals surface area contributed by atoms with Crippen molar-refractivity contribution < 1.29 is 13.5 Å². The van der Waals surface area contributed by atoms with E-state index in [0.717, 1.165) is 12.8 Å². The summed E-state index contributed by atoms with van der Waals surface area (Å²) in [6.07, 6.45) is 10.7. The first kappa shape index (κ1) is 15.0. The summed E-state index contributed by atoms with van der Waals surface area (Å²) < 4.78 is 22.0. The largest absolute Gasteiger partial charge is 0.393 e. The smallest absolute Gasteiger partial charge is 0.147 e. The van der Waals surface area contributed by atoms with Crippen molar-refractivity contribution in [1.82, 2.24) is 0 Å². The van der Waals surface area contributed by atoms with Gasteiger partial charge in [-0.25, -0.2) is 8.42 Å². The van der Waals surface area contributed by atoms with Crippen LogP contribution < -0.4 is 0 Å². The molecule has 1 saturated carbocycles. The number of hydrogen-bond donors (Lipinski definition) is 1. The highest BCUT2D eigenvalue weighted by molar-refractivity contribution is 7.90. The third-order valence-electron chi connectivity index (χ3n) is 3.71. The fourth-order valence-corrected chi connectivity index (χ4v) is 3.35. The molecule has 1 N–H and O–H groups in total. The molecule has 0 aromatic carbocycles. The zero-order valence-corrected chi connectivity index (χ0v) is 11.7. The second kappa shape index (κ2) is 7.37. The summed E-state index contributed by atoms with van der Waals surface area (Å²) in [5, 5.41) is 10.1. The van der Waals surface area contributed by atoms with Crippen LogP contribution >= 0.6 is 0 Å². The average molecular weight is 262 g/mol. The molecule has 0 amide bonds. The molecule has 1 rings (SSSR count). The molecule has 1 atom stereocenters. The van der Waals surface area contributed by atoms with E-state index in [-0.39, 0.29) is 11.9 Å². The van der Waals surface area contributed by atoms with Gasteiger partial charge in [0, 0.05) is 12.0 Å².